The van der Waals surface area contributed by atoms with Gasteiger partial charge in [-0.15, -0.1) is 0 Å². The lowest BCUT2D eigenvalue weighted by atomic mass is 9.90. The maximum Gasteiger partial charge on any atom is 0.234 e. The molecule has 4 aliphatic heterocycles. The number of piperazine rings is 1. The number of likely N-dealkylation sites (N-methyl/N-ethyl adjacent to an activating group) is 1. The summed E-state index contributed by atoms with van der Waals surface area (Å²) in [5.74, 6) is 1.01. The fourth-order valence-electron chi connectivity index (χ4n) is 8.32. The van der Waals surface area contributed by atoms with E-state index in [9.17, 15) is 9.59 Å². The zero-order chi connectivity index (χ0) is 36.6. The van der Waals surface area contributed by atoms with Gasteiger partial charge in [-0.25, -0.2) is 9.97 Å². The summed E-state index contributed by atoms with van der Waals surface area (Å²) in [6.07, 6.45) is 12.8. The molecule has 0 radical (unpaired) electrons. The monoisotopic (exact) mass is 729 g/mol. The molecule has 3 saturated heterocycles. The second-order valence-electron chi connectivity index (χ2n) is 14.9. The lowest BCUT2D eigenvalue weighted by Crippen LogP contribution is -2.49. The Morgan fingerprint density at radius 2 is 1.69 bits per heavy atom. The maximum atomic E-state index is 12.3. The van der Waals surface area contributed by atoms with Crippen LogP contribution in [-0.2, 0) is 9.59 Å². The first-order valence-electron chi connectivity index (χ1n) is 19.2. The van der Waals surface area contributed by atoms with Crippen LogP contribution < -0.4 is 25.2 Å². The van der Waals surface area contributed by atoms with E-state index in [-0.39, 0.29) is 17.7 Å². The van der Waals surface area contributed by atoms with Gasteiger partial charge in [0.15, 0.2) is 11.5 Å². The summed E-state index contributed by atoms with van der Waals surface area (Å²) in [6, 6.07) is 15.0. The molecule has 54 heavy (non-hydrogen) atoms. The van der Waals surface area contributed by atoms with E-state index in [1.165, 1.54) is 5.69 Å². The van der Waals surface area contributed by atoms with Crippen molar-refractivity contribution < 1.29 is 14.3 Å². The van der Waals surface area contributed by atoms with Crippen LogP contribution in [0.1, 0.15) is 43.2 Å². The second-order valence-corrected chi connectivity index (χ2v) is 14.9. The van der Waals surface area contributed by atoms with Gasteiger partial charge in [-0.3, -0.25) is 28.9 Å². The summed E-state index contributed by atoms with van der Waals surface area (Å²) in [5, 5.41) is 10.7. The van der Waals surface area contributed by atoms with E-state index in [1.807, 2.05) is 43.0 Å². The van der Waals surface area contributed by atoms with Crippen molar-refractivity contribution in [2.45, 2.75) is 37.6 Å². The smallest absolute Gasteiger partial charge is 0.234 e. The molecule has 0 aliphatic carbocycles. The Kier molecular flexibility index (Phi) is 9.37. The Morgan fingerprint density at radius 3 is 2.48 bits per heavy atom. The molecule has 3 aromatic heterocycles. The molecule has 2 amide bonds. The number of hydrogen-bond donors (Lipinski definition) is 2. The van der Waals surface area contributed by atoms with Gasteiger partial charge in [0.2, 0.25) is 11.8 Å². The summed E-state index contributed by atoms with van der Waals surface area (Å²) in [7, 11) is 2.09. The number of carbonyl (C=O) groups excluding carboxylic acids is 2. The zero-order valence-corrected chi connectivity index (χ0v) is 30.7. The molecule has 280 valence electrons. The van der Waals surface area contributed by atoms with Crippen molar-refractivity contribution in [3.63, 3.8) is 0 Å². The van der Waals surface area contributed by atoms with Crippen LogP contribution in [0.3, 0.4) is 0 Å². The summed E-state index contributed by atoms with van der Waals surface area (Å²) in [6.45, 7) is 9.91. The zero-order valence-electron chi connectivity index (χ0n) is 30.7. The third-order valence-electron chi connectivity index (χ3n) is 11.6. The molecule has 5 aromatic rings. The molecule has 7 heterocycles. The Morgan fingerprint density at radius 1 is 0.889 bits per heavy atom. The highest BCUT2D eigenvalue weighted by atomic mass is 16.5. The van der Waals surface area contributed by atoms with Gasteiger partial charge in [-0.2, -0.15) is 5.10 Å². The molecule has 14 nitrogen and oxygen atoms in total. The molecule has 4 aliphatic rings. The van der Waals surface area contributed by atoms with Crippen molar-refractivity contribution in [2.24, 2.45) is 0 Å². The number of imidazole rings is 1. The van der Waals surface area contributed by atoms with Gasteiger partial charge >= 0.3 is 0 Å². The fourth-order valence-corrected chi connectivity index (χ4v) is 8.32. The lowest BCUT2D eigenvalue weighted by Gasteiger charge is -2.38. The molecule has 9 rings (SSSR count). The summed E-state index contributed by atoms with van der Waals surface area (Å²) >= 11 is 0. The topological polar surface area (TPSA) is 128 Å². The van der Waals surface area contributed by atoms with Crippen LogP contribution in [0.4, 0.5) is 22.9 Å². The first-order chi connectivity index (χ1) is 26.4. The normalized spacial score (nSPS) is 20.2. The number of ether oxygens (including phenoxy) is 1. The van der Waals surface area contributed by atoms with E-state index in [1.54, 1.807) is 0 Å². The minimum absolute atomic E-state index is 0.174. The number of nitrogens with one attached hydrogen (secondary N) is 2. The molecule has 3 fully saturated rings. The molecular weight excluding hydrogens is 683 g/mol. The molecular formula is C40H47N11O3. The molecule has 0 saturated carbocycles. The van der Waals surface area contributed by atoms with Crippen LogP contribution in [-0.4, -0.2) is 118 Å². The van der Waals surface area contributed by atoms with E-state index in [4.69, 9.17) is 14.8 Å². The predicted molar refractivity (Wildman–Crippen MR) is 208 cm³/mol. The number of likely N-dealkylation sites (tertiary alicyclic amines) is 1. The number of amides is 2. The van der Waals surface area contributed by atoms with Crippen molar-refractivity contribution >= 4 is 40.3 Å². The Balaban J connectivity index is 0.742. The molecule has 0 spiro atoms. The molecule has 1 unspecified atom stereocenters. The average molecular weight is 730 g/mol. The van der Waals surface area contributed by atoms with Gasteiger partial charge in [0.25, 0.3) is 0 Å². The highest BCUT2D eigenvalue weighted by Gasteiger charge is 2.28. The Labute approximate surface area is 314 Å². The lowest BCUT2D eigenvalue weighted by molar-refractivity contribution is -0.134. The maximum absolute atomic E-state index is 12.3. The number of carbonyl (C=O) groups is 2. The first kappa shape index (κ1) is 34.3. The SMILES string of the molecule is CN1CCOc2ccc(-c3cnc(Nc4cnn(C5CCN(CCN6CCN(c7ccc(C8CCC(=O)NC8=O)cc7)CC6)CC5)c4)c4nccn34)cc21. The summed E-state index contributed by atoms with van der Waals surface area (Å²) < 4.78 is 10.0. The summed E-state index contributed by atoms with van der Waals surface area (Å²) in [4.78, 5) is 43.1. The molecule has 2 aromatic carbocycles. The third-order valence-corrected chi connectivity index (χ3v) is 11.6. The summed E-state index contributed by atoms with van der Waals surface area (Å²) in [5.41, 5.74) is 6.95. The van der Waals surface area contributed by atoms with Crippen molar-refractivity contribution in [1.29, 1.82) is 0 Å². The molecule has 1 atom stereocenters. The highest BCUT2D eigenvalue weighted by molar-refractivity contribution is 6.01. The highest BCUT2D eigenvalue weighted by Crippen LogP contribution is 2.36. The van der Waals surface area contributed by atoms with Gasteiger partial charge in [-0.1, -0.05) is 12.1 Å². The molecule has 0 bridgehead atoms. The number of benzene rings is 2. The van der Waals surface area contributed by atoms with Gasteiger partial charge in [0.1, 0.15) is 12.4 Å². The third kappa shape index (κ3) is 6.98. The number of imide groups is 1. The number of nitrogens with zero attached hydrogens (tertiary/aromatic N) is 9. The van der Waals surface area contributed by atoms with Crippen LogP contribution >= 0.6 is 0 Å². The van der Waals surface area contributed by atoms with Gasteiger partial charge in [0, 0.05) is 95.7 Å². The Bertz CT molecular complexity index is 2130. The minimum atomic E-state index is -0.237. The number of fused-ring (bicyclic) bond motifs is 2. The second kappa shape index (κ2) is 14.7. The van der Waals surface area contributed by atoms with E-state index in [0.717, 1.165) is 111 Å². The van der Waals surface area contributed by atoms with E-state index in [0.29, 0.717) is 31.3 Å². The van der Waals surface area contributed by atoms with Gasteiger partial charge in [0.05, 0.1) is 48.0 Å². The van der Waals surface area contributed by atoms with Crippen LogP contribution in [0.25, 0.3) is 16.9 Å². The number of rotatable bonds is 9. The predicted octanol–water partition coefficient (Wildman–Crippen LogP) is 4.14. The van der Waals surface area contributed by atoms with Crippen molar-refractivity contribution in [2.75, 3.05) is 87.7 Å². The van der Waals surface area contributed by atoms with Crippen molar-refractivity contribution in [3.05, 3.63) is 79.0 Å². The van der Waals surface area contributed by atoms with Crippen LogP contribution in [0.15, 0.2) is 73.4 Å². The van der Waals surface area contributed by atoms with Crippen LogP contribution in [0, 0.1) is 0 Å². The van der Waals surface area contributed by atoms with Crippen molar-refractivity contribution in [3.8, 4) is 17.0 Å². The Hall–Kier alpha value is -5.47. The standard InChI is InChI=1S/C40H47N11O3/c1-46-22-23-54-36-8-4-29(24-34(36)46)35-26-42-38(39-41-12-15-50(35)39)44-30-25-43-51(27-30)32-10-13-47(14-11-32)16-17-48-18-20-49(21-19-48)31-5-2-28(3-6-31)33-7-9-37(52)45-40(33)53/h2-6,8,12,15,24-27,32-33H,7,9-11,13-14,16-23H2,1H3,(H,42,44)(H,45,52,53). The molecule has 14 heteroatoms. The number of aromatic nitrogens is 5. The van der Waals surface area contributed by atoms with E-state index >= 15 is 0 Å². The molecule has 2 N–H and O–H groups in total. The van der Waals surface area contributed by atoms with E-state index in [2.05, 4.69) is 81.8 Å². The fraction of sp³-hybridized carbons (Fsp3) is 0.425. The number of hydrogen-bond acceptors (Lipinski definition) is 11. The van der Waals surface area contributed by atoms with Crippen molar-refractivity contribution in [1.82, 2.24) is 39.3 Å². The largest absolute Gasteiger partial charge is 0.490 e. The number of anilines is 4. The quantitative estimate of drug-likeness (QED) is 0.213. The number of piperidine rings is 2. The van der Waals surface area contributed by atoms with Crippen LogP contribution in [0.2, 0.25) is 0 Å². The van der Waals surface area contributed by atoms with Gasteiger partial charge < -0.3 is 24.8 Å². The minimum Gasteiger partial charge on any atom is -0.490 e. The van der Waals surface area contributed by atoms with Crippen LogP contribution in [0.5, 0.6) is 5.75 Å². The first-order valence-corrected chi connectivity index (χ1v) is 19.2. The van der Waals surface area contributed by atoms with E-state index < -0.39 is 0 Å². The average Bonchev–Trinajstić information content (AvgIpc) is 3.89. The van der Waals surface area contributed by atoms with Gasteiger partial charge in [-0.05, 0) is 55.2 Å².